The van der Waals surface area contributed by atoms with Crippen molar-refractivity contribution in [2.24, 2.45) is 0 Å². The van der Waals surface area contributed by atoms with Gasteiger partial charge in [0.05, 0.1) is 6.61 Å². The van der Waals surface area contributed by atoms with Crippen LogP contribution in [0.5, 0.6) is 0 Å². The lowest BCUT2D eigenvalue weighted by molar-refractivity contribution is -0.119. The van der Waals surface area contributed by atoms with Crippen molar-refractivity contribution in [1.82, 2.24) is 0 Å². The predicted octanol–water partition coefficient (Wildman–Crippen LogP) is 3.19. The Hall–Kier alpha value is -0.860. The molecule has 0 heterocycles. The highest BCUT2D eigenvalue weighted by Gasteiger charge is 2.07. The largest absolute Gasteiger partial charge is 0.381 e. The number of carbonyl (C=O) groups is 1. The molecule has 0 atom stereocenters. The molecular weight excluding hydrogens is 224 g/mol. The van der Waals surface area contributed by atoms with Crippen molar-refractivity contribution in [3.05, 3.63) is 34.3 Å². The molecule has 0 bridgehead atoms. The Morgan fingerprint density at radius 3 is 2.81 bits per heavy atom. The molecule has 0 radical (unpaired) electrons. The maximum Gasteiger partial charge on any atom is 0.139 e. The van der Waals surface area contributed by atoms with Crippen LogP contribution in [0.15, 0.2) is 18.2 Å². The van der Waals surface area contributed by atoms with E-state index in [2.05, 4.69) is 0 Å². The maximum atomic E-state index is 11.6. The molecule has 3 heteroatoms. The third kappa shape index (κ3) is 4.33. The van der Waals surface area contributed by atoms with Crippen LogP contribution in [0.1, 0.15) is 24.5 Å². The van der Waals surface area contributed by atoms with Gasteiger partial charge < -0.3 is 4.74 Å². The Labute approximate surface area is 102 Å². The first-order chi connectivity index (χ1) is 7.63. The van der Waals surface area contributed by atoms with Gasteiger partial charge in [-0.25, -0.2) is 0 Å². The number of hydrogen-bond acceptors (Lipinski definition) is 2. The summed E-state index contributed by atoms with van der Waals surface area (Å²) in [5.41, 5.74) is 2.00. The van der Waals surface area contributed by atoms with Gasteiger partial charge in [-0.05, 0) is 31.0 Å². The summed E-state index contributed by atoms with van der Waals surface area (Å²) in [5, 5.41) is 0.671. The van der Waals surface area contributed by atoms with Gasteiger partial charge in [0.15, 0.2) is 0 Å². The smallest absolute Gasteiger partial charge is 0.139 e. The molecule has 16 heavy (non-hydrogen) atoms. The normalized spacial score (nSPS) is 10.4. The first-order valence-electron chi connectivity index (χ1n) is 5.48. The Balaban J connectivity index is 2.49. The SMILES string of the molecule is CCOCCC(=O)Cc1ccc(C)cc1Cl. The molecule has 1 aromatic carbocycles. The van der Waals surface area contributed by atoms with Gasteiger partial charge in [0.2, 0.25) is 0 Å². The minimum atomic E-state index is 0.166. The second-order valence-corrected chi connectivity index (χ2v) is 4.16. The van der Waals surface area contributed by atoms with Gasteiger partial charge in [-0.15, -0.1) is 0 Å². The molecule has 0 saturated heterocycles. The van der Waals surface area contributed by atoms with Crippen molar-refractivity contribution in [2.75, 3.05) is 13.2 Å². The lowest BCUT2D eigenvalue weighted by atomic mass is 10.1. The second kappa shape index (κ2) is 6.66. The molecule has 0 fully saturated rings. The molecule has 1 aromatic rings. The van der Waals surface area contributed by atoms with Crippen molar-refractivity contribution in [3.8, 4) is 0 Å². The number of benzene rings is 1. The zero-order valence-corrected chi connectivity index (χ0v) is 10.5. The summed E-state index contributed by atoms with van der Waals surface area (Å²) in [7, 11) is 0. The fourth-order valence-corrected chi connectivity index (χ4v) is 1.73. The minimum Gasteiger partial charge on any atom is -0.381 e. The van der Waals surface area contributed by atoms with Gasteiger partial charge in [0.1, 0.15) is 5.78 Å². The van der Waals surface area contributed by atoms with E-state index in [9.17, 15) is 4.79 Å². The third-order valence-corrected chi connectivity index (χ3v) is 2.68. The fraction of sp³-hybridized carbons (Fsp3) is 0.462. The molecule has 1 rings (SSSR count). The van der Waals surface area contributed by atoms with E-state index >= 15 is 0 Å². The van der Waals surface area contributed by atoms with Crippen LogP contribution < -0.4 is 0 Å². The van der Waals surface area contributed by atoms with Crippen LogP contribution in [0, 0.1) is 6.92 Å². The molecule has 0 amide bonds. The van der Waals surface area contributed by atoms with Gasteiger partial charge in [-0.2, -0.15) is 0 Å². The molecule has 2 nitrogen and oxygen atoms in total. The van der Waals surface area contributed by atoms with Crippen LogP contribution in [-0.2, 0) is 16.0 Å². The van der Waals surface area contributed by atoms with Crippen molar-refractivity contribution >= 4 is 17.4 Å². The lowest BCUT2D eigenvalue weighted by Gasteiger charge is -2.05. The molecular formula is C13H17ClO2. The Bertz CT molecular complexity index is 361. The van der Waals surface area contributed by atoms with Gasteiger partial charge >= 0.3 is 0 Å². The monoisotopic (exact) mass is 240 g/mol. The summed E-state index contributed by atoms with van der Waals surface area (Å²) in [4.78, 5) is 11.6. The molecule has 0 aliphatic rings. The van der Waals surface area contributed by atoms with Crippen molar-refractivity contribution < 1.29 is 9.53 Å². The highest BCUT2D eigenvalue weighted by Crippen LogP contribution is 2.18. The molecule has 0 aliphatic heterocycles. The summed E-state index contributed by atoms with van der Waals surface area (Å²) in [6, 6.07) is 5.76. The molecule has 0 spiro atoms. The second-order valence-electron chi connectivity index (χ2n) is 3.76. The van der Waals surface area contributed by atoms with Crippen LogP contribution in [0.4, 0.5) is 0 Å². The standard InChI is InChI=1S/C13H17ClO2/c1-3-16-7-6-12(15)9-11-5-4-10(2)8-13(11)14/h4-5,8H,3,6-7,9H2,1-2H3. The lowest BCUT2D eigenvalue weighted by Crippen LogP contribution is -2.07. The first-order valence-corrected chi connectivity index (χ1v) is 5.85. The maximum absolute atomic E-state index is 11.6. The van der Waals surface area contributed by atoms with Crippen molar-refractivity contribution in [2.45, 2.75) is 26.7 Å². The van der Waals surface area contributed by atoms with Crippen molar-refractivity contribution in [3.63, 3.8) is 0 Å². The molecule has 0 aromatic heterocycles. The zero-order chi connectivity index (χ0) is 12.0. The number of Topliss-reactive ketones (excluding diaryl/α,β-unsaturated/α-hetero) is 1. The number of ketones is 1. The summed E-state index contributed by atoms with van der Waals surface area (Å²) in [6.45, 7) is 5.05. The topological polar surface area (TPSA) is 26.3 Å². The molecule has 0 unspecified atom stereocenters. The molecule has 0 saturated carbocycles. The number of halogens is 1. The van der Waals surface area contributed by atoms with Gasteiger partial charge in [-0.3, -0.25) is 4.79 Å². The number of rotatable bonds is 6. The first kappa shape index (κ1) is 13.2. The average Bonchev–Trinajstić information content (AvgIpc) is 2.23. The van der Waals surface area contributed by atoms with E-state index in [4.69, 9.17) is 16.3 Å². The average molecular weight is 241 g/mol. The van der Waals surface area contributed by atoms with E-state index in [0.717, 1.165) is 11.1 Å². The molecule has 88 valence electrons. The molecule has 0 N–H and O–H groups in total. The third-order valence-electron chi connectivity index (χ3n) is 2.33. The number of carbonyl (C=O) groups excluding carboxylic acids is 1. The zero-order valence-electron chi connectivity index (χ0n) is 9.75. The van der Waals surface area contributed by atoms with Gasteiger partial charge in [0, 0.05) is 24.5 Å². The predicted molar refractivity (Wildman–Crippen MR) is 66.0 cm³/mol. The summed E-state index contributed by atoms with van der Waals surface area (Å²) in [6.07, 6.45) is 0.851. The van der Waals surface area contributed by atoms with Gasteiger partial charge in [-0.1, -0.05) is 23.7 Å². The fourth-order valence-electron chi connectivity index (χ4n) is 1.43. The number of aryl methyl sites for hydroxylation is 1. The summed E-state index contributed by atoms with van der Waals surface area (Å²) >= 11 is 6.05. The number of ether oxygens (including phenoxy) is 1. The van der Waals surface area contributed by atoms with E-state index in [1.54, 1.807) is 0 Å². The quantitative estimate of drug-likeness (QED) is 0.714. The van der Waals surface area contributed by atoms with Crippen molar-refractivity contribution in [1.29, 1.82) is 0 Å². The van der Waals surface area contributed by atoms with Gasteiger partial charge in [0.25, 0.3) is 0 Å². The highest BCUT2D eigenvalue weighted by molar-refractivity contribution is 6.31. The molecule has 0 aliphatic carbocycles. The summed E-state index contributed by atoms with van der Waals surface area (Å²) < 4.78 is 5.14. The van der Waals surface area contributed by atoms with Crippen LogP contribution >= 0.6 is 11.6 Å². The van der Waals surface area contributed by atoms with Crippen LogP contribution in [0.3, 0.4) is 0 Å². The Kier molecular flexibility index (Phi) is 5.50. The van der Waals surface area contributed by atoms with Crippen LogP contribution in [-0.4, -0.2) is 19.0 Å². The number of hydrogen-bond donors (Lipinski definition) is 0. The minimum absolute atomic E-state index is 0.166. The Morgan fingerprint density at radius 2 is 2.19 bits per heavy atom. The van der Waals surface area contributed by atoms with E-state index in [-0.39, 0.29) is 5.78 Å². The van der Waals surface area contributed by atoms with Crippen LogP contribution in [0.2, 0.25) is 5.02 Å². The van der Waals surface area contributed by atoms with E-state index in [1.807, 2.05) is 32.0 Å². The summed E-state index contributed by atoms with van der Waals surface area (Å²) in [5.74, 6) is 0.166. The van der Waals surface area contributed by atoms with E-state index in [0.29, 0.717) is 31.1 Å². The highest BCUT2D eigenvalue weighted by atomic mass is 35.5. The Morgan fingerprint density at radius 1 is 1.44 bits per heavy atom. The van der Waals surface area contributed by atoms with E-state index in [1.165, 1.54) is 0 Å². The van der Waals surface area contributed by atoms with Crippen LogP contribution in [0.25, 0.3) is 0 Å². The van der Waals surface area contributed by atoms with E-state index < -0.39 is 0 Å².